The van der Waals surface area contributed by atoms with Gasteiger partial charge in [-0.15, -0.1) is 0 Å². The molecular weight excluding hydrogens is 292 g/mol. The average Bonchev–Trinajstić information content (AvgIpc) is 2.30. The van der Waals surface area contributed by atoms with Crippen molar-refractivity contribution >= 4 is 29.2 Å². The fourth-order valence-electron chi connectivity index (χ4n) is 1.60. The van der Waals surface area contributed by atoms with E-state index in [4.69, 9.17) is 23.2 Å². The van der Waals surface area contributed by atoms with Crippen LogP contribution in [0.3, 0.4) is 0 Å². The van der Waals surface area contributed by atoms with Gasteiger partial charge in [-0.2, -0.15) is 0 Å². The van der Waals surface area contributed by atoms with E-state index >= 15 is 0 Å². The fraction of sp³-hybridized carbons (Fsp3) is 0.462. The Balaban J connectivity index is 3.26. The summed E-state index contributed by atoms with van der Waals surface area (Å²) in [7, 11) is 0. The lowest BCUT2D eigenvalue weighted by Gasteiger charge is -2.29. The van der Waals surface area contributed by atoms with Gasteiger partial charge >= 0.3 is 5.97 Å². The normalized spacial score (nSPS) is 14.5. The van der Waals surface area contributed by atoms with Crippen molar-refractivity contribution in [2.45, 2.75) is 26.3 Å². The standard InChI is InChI=1S/C13H16Cl2FNO2/c1-7(2)6-17-13(3,12(18)19)8-4-11(16)10(15)5-9(8)14/h4-5,7,17H,6H2,1-3H3,(H,18,19). The van der Waals surface area contributed by atoms with Crippen LogP contribution >= 0.6 is 23.2 Å². The molecule has 0 heterocycles. The molecule has 0 saturated carbocycles. The van der Waals surface area contributed by atoms with Gasteiger partial charge in [0.25, 0.3) is 0 Å². The van der Waals surface area contributed by atoms with Crippen LogP contribution in [0.15, 0.2) is 12.1 Å². The van der Waals surface area contributed by atoms with E-state index in [0.29, 0.717) is 6.54 Å². The smallest absolute Gasteiger partial charge is 0.328 e. The van der Waals surface area contributed by atoms with Gasteiger partial charge in [-0.25, -0.2) is 9.18 Å². The van der Waals surface area contributed by atoms with Crippen LogP contribution < -0.4 is 5.32 Å². The molecule has 1 aromatic rings. The lowest BCUT2D eigenvalue weighted by Crippen LogP contribution is -2.48. The highest BCUT2D eigenvalue weighted by molar-refractivity contribution is 6.35. The van der Waals surface area contributed by atoms with E-state index in [0.717, 1.165) is 6.07 Å². The number of hydrogen-bond acceptors (Lipinski definition) is 2. The number of rotatable bonds is 5. The zero-order chi connectivity index (χ0) is 14.8. The highest BCUT2D eigenvalue weighted by Gasteiger charge is 2.37. The van der Waals surface area contributed by atoms with Gasteiger partial charge in [0.2, 0.25) is 0 Å². The largest absolute Gasteiger partial charge is 0.480 e. The third-order valence-corrected chi connectivity index (χ3v) is 3.44. The first-order valence-corrected chi connectivity index (χ1v) is 6.57. The molecule has 1 unspecified atom stereocenters. The van der Waals surface area contributed by atoms with Crippen molar-refractivity contribution in [2.75, 3.05) is 6.54 Å². The van der Waals surface area contributed by atoms with Gasteiger partial charge in [-0.1, -0.05) is 37.0 Å². The van der Waals surface area contributed by atoms with Crippen LogP contribution in [0.1, 0.15) is 26.3 Å². The summed E-state index contributed by atoms with van der Waals surface area (Å²) in [5.74, 6) is -1.58. The number of halogens is 3. The molecule has 0 saturated heterocycles. The van der Waals surface area contributed by atoms with Gasteiger partial charge in [0.1, 0.15) is 11.4 Å². The number of benzene rings is 1. The molecule has 2 N–H and O–H groups in total. The van der Waals surface area contributed by atoms with Crippen molar-refractivity contribution in [1.82, 2.24) is 5.32 Å². The van der Waals surface area contributed by atoms with E-state index in [2.05, 4.69) is 5.32 Å². The summed E-state index contributed by atoms with van der Waals surface area (Å²) in [4.78, 5) is 11.5. The van der Waals surface area contributed by atoms with E-state index in [-0.39, 0.29) is 21.5 Å². The van der Waals surface area contributed by atoms with Crippen LogP contribution in [0.4, 0.5) is 4.39 Å². The predicted molar refractivity (Wildman–Crippen MR) is 74.2 cm³/mol. The lowest BCUT2D eigenvalue weighted by atomic mass is 9.91. The molecular formula is C13H16Cl2FNO2. The summed E-state index contributed by atoms with van der Waals surface area (Å²) in [5, 5.41) is 12.3. The first-order chi connectivity index (χ1) is 8.68. The first kappa shape index (κ1) is 16.2. The number of hydrogen-bond donors (Lipinski definition) is 2. The Labute approximate surface area is 121 Å². The molecule has 1 rings (SSSR count). The highest BCUT2D eigenvalue weighted by Crippen LogP contribution is 2.32. The summed E-state index contributed by atoms with van der Waals surface area (Å²) < 4.78 is 13.5. The van der Waals surface area contributed by atoms with Crippen LogP contribution in [0, 0.1) is 11.7 Å². The fourth-order valence-corrected chi connectivity index (χ4v) is 2.17. The van der Waals surface area contributed by atoms with E-state index in [1.54, 1.807) is 0 Å². The van der Waals surface area contributed by atoms with Crippen molar-refractivity contribution < 1.29 is 14.3 Å². The summed E-state index contributed by atoms with van der Waals surface area (Å²) in [6, 6.07) is 2.28. The van der Waals surface area contributed by atoms with Gasteiger partial charge in [-0.3, -0.25) is 5.32 Å². The van der Waals surface area contributed by atoms with Crippen molar-refractivity contribution in [3.63, 3.8) is 0 Å². The molecule has 0 radical (unpaired) electrons. The zero-order valence-electron chi connectivity index (χ0n) is 10.9. The number of nitrogens with one attached hydrogen (secondary N) is 1. The molecule has 0 fully saturated rings. The maximum absolute atomic E-state index is 13.5. The minimum absolute atomic E-state index is 0.118. The maximum atomic E-state index is 13.5. The lowest BCUT2D eigenvalue weighted by molar-refractivity contribution is -0.144. The molecule has 1 atom stereocenters. The molecule has 0 bridgehead atoms. The van der Waals surface area contributed by atoms with Gasteiger partial charge in [0.15, 0.2) is 0 Å². The number of aliphatic carboxylic acids is 1. The minimum atomic E-state index is -1.47. The Bertz CT molecular complexity index is 494. The number of carbonyl (C=O) groups is 1. The quantitative estimate of drug-likeness (QED) is 0.816. The molecule has 106 valence electrons. The van der Waals surface area contributed by atoms with Gasteiger partial charge in [0.05, 0.1) is 5.02 Å². The Hall–Kier alpha value is -0.840. The molecule has 0 spiro atoms. The first-order valence-electron chi connectivity index (χ1n) is 5.82. The van der Waals surface area contributed by atoms with E-state index in [9.17, 15) is 14.3 Å². The molecule has 3 nitrogen and oxygen atoms in total. The molecule has 6 heteroatoms. The van der Waals surface area contributed by atoms with Crippen LogP contribution in [-0.2, 0) is 10.3 Å². The Morgan fingerprint density at radius 2 is 2.00 bits per heavy atom. The molecule has 1 aromatic carbocycles. The third-order valence-electron chi connectivity index (χ3n) is 2.84. The van der Waals surface area contributed by atoms with E-state index in [1.807, 2.05) is 13.8 Å². The molecule has 19 heavy (non-hydrogen) atoms. The van der Waals surface area contributed by atoms with Crippen molar-refractivity contribution in [1.29, 1.82) is 0 Å². The van der Waals surface area contributed by atoms with Crippen LogP contribution in [0.5, 0.6) is 0 Å². The van der Waals surface area contributed by atoms with E-state index < -0.39 is 17.3 Å². The second-order valence-electron chi connectivity index (χ2n) is 4.95. The average molecular weight is 308 g/mol. The topological polar surface area (TPSA) is 49.3 Å². The summed E-state index contributed by atoms with van der Waals surface area (Å²) in [6.07, 6.45) is 0. The number of carboxylic acids is 1. The SMILES string of the molecule is CC(C)CNC(C)(C(=O)O)c1cc(F)c(Cl)cc1Cl. The maximum Gasteiger partial charge on any atom is 0.328 e. The molecule has 0 aliphatic carbocycles. The summed E-state index contributed by atoms with van der Waals surface area (Å²) in [5.41, 5.74) is -1.31. The Morgan fingerprint density at radius 3 is 2.47 bits per heavy atom. The monoisotopic (exact) mass is 307 g/mol. The highest BCUT2D eigenvalue weighted by atomic mass is 35.5. The minimum Gasteiger partial charge on any atom is -0.480 e. The van der Waals surface area contributed by atoms with Gasteiger partial charge in [-0.05, 0) is 31.5 Å². The molecule has 0 aromatic heterocycles. The summed E-state index contributed by atoms with van der Waals surface area (Å²) in [6.45, 7) is 5.80. The predicted octanol–water partition coefficient (Wildman–Crippen LogP) is 3.68. The van der Waals surface area contributed by atoms with E-state index in [1.165, 1.54) is 13.0 Å². The van der Waals surface area contributed by atoms with Gasteiger partial charge in [0, 0.05) is 10.6 Å². The van der Waals surface area contributed by atoms with Crippen LogP contribution in [0.2, 0.25) is 10.0 Å². The Morgan fingerprint density at radius 1 is 1.42 bits per heavy atom. The summed E-state index contributed by atoms with van der Waals surface area (Å²) >= 11 is 11.6. The second kappa shape index (κ2) is 6.07. The zero-order valence-corrected chi connectivity index (χ0v) is 12.4. The number of carboxylic acid groups (broad SMARTS) is 1. The molecule has 0 aliphatic heterocycles. The van der Waals surface area contributed by atoms with Crippen molar-refractivity contribution in [3.8, 4) is 0 Å². The van der Waals surface area contributed by atoms with Crippen LogP contribution in [0.25, 0.3) is 0 Å². The Kier molecular flexibility index (Phi) is 5.18. The van der Waals surface area contributed by atoms with Crippen molar-refractivity contribution in [2.24, 2.45) is 5.92 Å². The molecule has 0 amide bonds. The molecule has 0 aliphatic rings. The third kappa shape index (κ3) is 3.59. The van der Waals surface area contributed by atoms with Crippen LogP contribution in [-0.4, -0.2) is 17.6 Å². The van der Waals surface area contributed by atoms with Gasteiger partial charge < -0.3 is 5.11 Å². The second-order valence-corrected chi connectivity index (χ2v) is 5.77. The van der Waals surface area contributed by atoms with Crippen molar-refractivity contribution in [3.05, 3.63) is 33.6 Å².